The van der Waals surface area contributed by atoms with Gasteiger partial charge in [0.2, 0.25) is 0 Å². The van der Waals surface area contributed by atoms with E-state index in [0.717, 1.165) is 11.7 Å². The second-order valence-electron chi connectivity index (χ2n) is 3.97. The van der Waals surface area contributed by atoms with Gasteiger partial charge in [-0.15, -0.1) is 0 Å². The summed E-state index contributed by atoms with van der Waals surface area (Å²) in [6, 6.07) is 0. The number of rotatable bonds is 1. The standard InChI is InChI=1S/C10H12S/c11-5-6-1-7-3-8-4-10(8)9(7)2-6/h6,11H,1-5H2. The Bertz CT molecular complexity index is 283. The van der Waals surface area contributed by atoms with Gasteiger partial charge in [0.15, 0.2) is 0 Å². The van der Waals surface area contributed by atoms with Crippen molar-refractivity contribution in [3.05, 3.63) is 22.3 Å². The van der Waals surface area contributed by atoms with E-state index in [9.17, 15) is 0 Å². The summed E-state index contributed by atoms with van der Waals surface area (Å²) in [6.07, 6.45) is 5.40. The van der Waals surface area contributed by atoms with Crippen molar-refractivity contribution in [1.82, 2.24) is 0 Å². The van der Waals surface area contributed by atoms with Gasteiger partial charge in [-0.3, -0.25) is 0 Å². The van der Waals surface area contributed by atoms with Crippen LogP contribution in [0.25, 0.3) is 0 Å². The maximum atomic E-state index is 4.36. The van der Waals surface area contributed by atoms with Crippen LogP contribution in [-0.2, 0) is 0 Å². The van der Waals surface area contributed by atoms with Gasteiger partial charge >= 0.3 is 0 Å². The van der Waals surface area contributed by atoms with Crippen LogP contribution in [0.2, 0.25) is 0 Å². The minimum absolute atomic E-state index is 0.873. The predicted molar refractivity (Wildman–Crippen MR) is 49.9 cm³/mol. The summed E-state index contributed by atoms with van der Waals surface area (Å²) in [4.78, 5) is 0. The molecule has 3 aliphatic carbocycles. The predicted octanol–water partition coefficient (Wildman–Crippen LogP) is 2.73. The zero-order valence-corrected chi connectivity index (χ0v) is 7.45. The molecular weight excluding hydrogens is 152 g/mol. The molecule has 1 unspecified atom stereocenters. The van der Waals surface area contributed by atoms with Crippen LogP contribution in [0.15, 0.2) is 22.3 Å². The van der Waals surface area contributed by atoms with Crippen LogP contribution in [0.3, 0.4) is 0 Å². The Morgan fingerprint density at radius 1 is 1.09 bits per heavy atom. The van der Waals surface area contributed by atoms with Gasteiger partial charge in [0.25, 0.3) is 0 Å². The summed E-state index contributed by atoms with van der Waals surface area (Å²) < 4.78 is 0. The first-order chi connectivity index (χ1) is 5.38. The van der Waals surface area contributed by atoms with Gasteiger partial charge < -0.3 is 0 Å². The van der Waals surface area contributed by atoms with Crippen LogP contribution >= 0.6 is 12.6 Å². The number of fused-ring (bicyclic) bond motifs is 1. The molecule has 0 saturated carbocycles. The molecule has 0 heterocycles. The molecule has 0 nitrogen and oxygen atoms in total. The van der Waals surface area contributed by atoms with E-state index in [4.69, 9.17) is 0 Å². The number of hydrogen-bond acceptors (Lipinski definition) is 1. The molecule has 1 heteroatoms. The van der Waals surface area contributed by atoms with Gasteiger partial charge in [-0.05, 0) is 48.5 Å². The molecule has 3 aliphatic rings. The first kappa shape index (κ1) is 6.36. The largest absolute Gasteiger partial charge is 0.179 e. The number of allylic oxidation sites excluding steroid dienone is 4. The second kappa shape index (κ2) is 1.95. The second-order valence-corrected chi connectivity index (χ2v) is 4.34. The average Bonchev–Trinajstić information content (AvgIpc) is 2.55. The molecule has 0 aromatic carbocycles. The fraction of sp³-hybridized carbons (Fsp3) is 0.600. The van der Waals surface area contributed by atoms with E-state index in [1.54, 1.807) is 22.3 Å². The van der Waals surface area contributed by atoms with Crippen molar-refractivity contribution in [3.8, 4) is 0 Å². The Kier molecular flexibility index (Phi) is 1.13. The van der Waals surface area contributed by atoms with Crippen LogP contribution in [0, 0.1) is 5.92 Å². The zero-order valence-electron chi connectivity index (χ0n) is 6.56. The molecule has 0 aromatic rings. The van der Waals surface area contributed by atoms with E-state index < -0.39 is 0 Å². The van der Waals surface area contributed by atoms with E-state index in [2.05, 4.69) is 12.6 Å². The molecule has 0 fully saturated rings. The highest BCUT2D eigenvalue weighted by atomic mass is 32.1. The summed E-state index contributed by atoms with van der Waals surface area (Å²) in [7, 11) is 0. The van der Waals surface area contributed by atoms with Crippen molar-refractivity contribution >= 4 is 12.6 Å². The fourth-order valence-corrected chi connectivity index (χ4v) is 2.80. The van der Waals surface area contributed by atoms with Gasteiger partial charge in [0.1, 0.15) is 0 Å². The molecule has 0 spiro atoms. The van der Waals surface area contributed by atoms with E-state index >= 15 is 0 Å². The van der Waals surface area contributed by atoms with E-state index in [0.29, 0.717) is 0 Å². The molecule has 0 aliphatic heterocycles. The normalized spacial score (nSPS) is 33.0. The summed E-state index contributed by atoms with van der Waals surface area (Å²) in [6.45, 7) is 0. The Balaban J connectivity index is 1.86. The van der Waals surface area contributed by atoms with Crippen molar-refractivity contribution in [2.45, 2.75) is 25.7 Å². The number of thiol groups is 1. The molecule has 0 radical (unpaired) electrons. The molecule has 0 bridgehead atoms. The highest BCUT2D eigenvalue weighted by molar-refractivity contribution is 7.80. The third-order valence-electron chi connectivity index (χ3n) is 3.20. The molecule has 0 N–H and O–H groups in total. The van der Waals surface area contributed by atoms with Crippen LogP contribution in [0.4, 0.5) is 0 Å². The third-order valence-corrected chi connectivity index (χ3v) is 3.71. The van der Waals surface area contributed by atoms with Gasteiger partial charge in [-0.2, -0.15) is 12.6 Å². The lowest BCUT2D eigenvalue weighted by atomic mass is 10.1. The van der Waals surface area contributed by atoms with Gasteiger partial charge in [0.05, 0.1) is 0 Å². The van der Waals surface area contributed by atoms with Gasteiger partial charge in [0, 0.05) is 0 Å². The minimum Gasteiger partial charge on any atom is -0.179 e. The third kappa shape index (κ3) is 0.778. The molecule has 58 valence electrons. The lowest BCUT2D eigenvalue weighted by Gasteiger charge is -2.04. The molecular formula is C10H12S. The number of hydrogen-bond donors (Lipinski definition) is 1. The van der Waals surface area contributed by atoms with Gasteiger partial charge in [-0.25, -0.2) is 0 Å². The lowest BCUT2D eigenvalue weighted by Crippen LogP contribution is -1.96. The van der Waals surface area contributed by atoms with Crippen LogP contribution in [0.5, 0.6) is 0 Å². The van der Waals surface area contributed by atoms with Crippen molar-refractivity contribution < 1.29 is 0 Å². The summed E-state index contributed by atoms with van der Waals surface area (Å²) >= 11 is 4.36. The summed E-state index contributed by atoms with van der Waals surface area (Å²) in [5.74, 6) is 1.95. The topological polar surface area (TPSA) is 0 Å². The van der Waals surface area contributed by atoms with Crippen molar-refractivity contribution in [1.29, 1.82) is 0 Å². The highest BCUT2D eigenvalue weighted by Crippen LogP contribution is 2.55. The quantitative estimate of drug-likeness (QED) is 0.566. The SMILES string of the molecule is SCC1CC2=C(C1)C1=C(C2)C1. The van der Waals surface area contributed by atoms with Crippen LogP contribution in [-0.4, -0.2) is 5.75 Å². The highest BCUT2D eigenvalue weighted by Gasteiger charge is 2.38. The maximum absolute atomic E-state index is 4.36. The van der Waals surface area contributed by atoms with Crippen LogP contribution in [0.1, 0.15) is 25.7 Å². The van der Waals surface area contributed by atoms with E-state index in [-0.39, 0.29) is 0 Å². The van der Waals surface area contributed by atoms with Crippen molar-refractivity contribution in [2.24, 2.45) is 5.92 Å². The van der Waals surface area contributed by atoms with Crippen LogP contribution < -0.4 is 0 Å². The Labute approximate surface area is 72.8 Å². The Morgan fingerprint density at radius 3 is 2.73 bits per heavy atom. The first-order valence-corrected chi connectivity index (χ1v) is 5.04. The molecule has 0 amide bonds. The molecule has 11 heavy (non-hydrogen) atoms. The Hall–Kier alpha value is -0.170. The lowest BCUT2D eigenvalue weighted by molar-refractivity contribution is 0.630. The monoisotopic (exact) mass is 164 g/mol. The van der Waals surface area contributed by atoms with E-state index in [1.807, 2.05) is 0 Å². The molecule has 1 atom stereocenters. The molecule has 0 aromatic heterocycles. The maximum Gasteiger partial charge on any atom is -0.00553 e. The average molecular weight is 164 g/mol. The Morgan fingerprint density at radius 2 is 2.00 bits per heavy atom. The first-order valence-electron chi connectivity index (χ1n) is 4.41. The molecule has 0 saturated heterocycles. The van der Waals surface area contributed by atoms with E-state index in [1.165, 1.54) is 25.7 Å². The fourth-order valence-electron chi connectivity index (χ4n) is 2.54. The smallest absolute Gasteiger partial charge is 0.00553 e. The summed E-state index contributed by atoms with van der Waals surface area (Å²) in [5, 5.41) is 0. The summed E-state index contributed by atoms with van der Waals surface area (Å²) in [5.41, 5.74) is 7.01. The zero-order chi connectivity index (χ0) is 7.42. The van der Waals surface area contributed by atoms with Crippen molar-refractivity contribution in [3.63, 3.8) is 0 Å². The molecule has 3 rings (SSSR count). The minimum atomic E-state index is 0.873. The van der Waals surface area contributed by atoms with Crippen molar-refractivity contribution in [2.75, 3.05) is 5.75 Å². The van der Waals surface area contributed by atoms with Gasteiger partial charge in [-0.1, -0.05) is 11.1 Å².